The van der Waals surface area contributed by atoms with E-state index in [4.69, 9.17) is 4.74 Å². The maximum atomic E-state index is 13.4. The van der Waals surface area contributed by atoms with Gasteiger partial charge in [0, 0.05) is 13.1 Å². The molecule has 7 nitrogen and oxygen atoms in total. The summed E-state index contributed by atoms with van der Waals surface area (Å²) in [5, 5.41) is 6.04. The van der Waals surface area contributed by atoms with Crippen LogP contribution in [0.2, 0.25) is 0 Å². The highest BCUT2D eigenvalue weighted by Crippen LogP contribution is 2.35. The molecule has 2 heterocycles. The number of nitrogens with one attached hydrogen (secondary N) is 2. The molecule has 2 aliphatic rings. The number of carbonyl (C=O) groups excluding carboxylic acids is 1. The third-order valence-electron chi connectivity index (χ3n) is 4.74. The number of carbonyl (C=O) groups is 1. The summed E-state index contributed by atoms with van der Waals surface area (Å²) in [6.07, 6.45) is 1.37. The molecule has 0 aliphatic carbocycles. The second-order valence-electron chi connectivity index (χ2n) is 8.08. The van der Waals surface area contributed by atoms with E-state index in [9.17, 15) is 9.18 Å². The predicted molar refractivity (Wildman–Crippen MR) is 101 cm³/mol. The van der Waals surface area contributed by atoms with Gasteiger partial charge in [-0.3, -0.25) is 5.43 Å². The Morgan fingerprint density at radius 1 is 1.26 bits per heavy atom. The highest BCUT2D eigenvalue weighted by atomic mass is 19.1. The minimum atomic E-state index is -0.497. The van der Waals surface area contributed by atoms with Crippen LogP contribution in [0.25, 0.3) is 0 Å². The first kappa shape index (κ1) is 19.4. The van der Waals surface area contributed by atoms with Gasteiger partial charge in [0.15, 0.2) is 0 Å². The van der Waals surface area contributed by atoms with E-state index >= 15 is 0 Å². The van der Waals surface area contributed by atoms with Crippen LogP contribution < -0.4 is 11.0 Å². The molecule has 1 aromatic rings. The summed E-state index contributed by atoms with van der Waals surface area (Å²) in [6, 6.07) is 6.52. The molecule has 148 valence electrons. The summed E-state index contributed by atoms with van der Waals surface area (Å²) in [6.45, 7) is 8.75. The van der Waals surface area contributed by atoms with Gasteiger partial charge in [-0.1, -0.05) is 12.1 Å². The largest absolute Gasteiger partial charge is 0.444 e. The summed E-state index contributed by atoms with van der Waals surface area (Å²) < 4.78 is 18.9. The fourth-order valence-electron chi connectivity index (χ4n) is 3.50. The Balaban J connectivity index is 1.69. The van der Waals surface area contributed by atoms with E-state index in [0.29, 0.717) is 13.1 Å². The van der Waals surface area contributed by atoms with Gasteiger partial charge in [0.05, 0.1) is 6.04 Å². The number of amidine groups is 1. The smallest absolute Gasteiger partial charge is 0.410 e. The SMILES string of the molecule is CC1=NNN(C(c2ccc(F)cc2)C2CCN(C(=O)OC(C)(C)C)CC2)N1. The van der Waals surface area contributed by atoms with E-state index in [1.54, 1.807) is 17.0 Å². The molecule has 0 bridgehead atoms. The molecule has 8 heteroatoms. The van der Waals surface area contributed by atoms with Gasteiger partial charge >= 0.3 is 6.09 Å². The van der Waals surface area contributed by atoms with Crippen molar-refractivity contribution in [2.24, 2.45) is 11.0 Å². The number of benzene rings is 1. The van der Waals surface area contributed by atoms with Crippen molar-refractivity contribution >= 4 is 11.9 Å². The van der Waals surface area contributed by atoms with Crippen LogP contribution in [0, 0.1) is 11.7 Å². The number of hydrogen-bond acceptors (Lipinski definition) is 6. The molecule has 0 spiro atoms. The first-order chi connectivity index (χ1) is 12.7. The molecule has 1 aromatic carbocycles. The normalized spacial score (nSPS) is 19.9. The molecule has 1 atom stereocenters. The Labute approximate surface area is 159 Å². The van der Waals surface area contributed by atoms with Crippen molar-refractivity contribution in [1.82, 2.24) is 21.0 Å². The third-order valence-corrected chi connectivity index (χ3v) is 4.74. The van der Waals surface area contributed by atoms with Gasteiger partial charge in [0.2, 0.25) is 0 Å². The van der Waals surface area contributed by atoms with E-state index in [0.717, 1.165) is 24.2 Å². The number of hydrazone groups is 1. The van der Waals surface area contributed by atoms with E-state index in [1.165, 1.54) is 12.1 Å². The Kier molecular flexibility index (Phi) is 5.55. The molecule has 1 fully saturated rings. The molecule has 1 unspecified atom stereocenters. The van der Waals surface area contributed by atoms with Crippen molar-refractivity contribution in [1.29, 1.82) is 0 Å². The van der Waals surface area contributed by atoms with Crippen LogP contribution in [0.15, 0.2) is 29.4 Å². The van der Waals surface area contributed by atoms with Gasteiger partial charge in [0.1, 0.15) is 17.3 Å². The highest BCUT2D eigenvalue weighted by Gasteiger charge is 2.36. The number of likely N-dealkylation sites (tertiary alicyclic amines) is 1. The van der Waals surface area contributed by atoms with Crippen molar-refractivity contribution in [2.45, 2.75) is 52.2 Å². The van der Waals surface area contributed by atoms with E-state index in [2.05, 4.69) is 16.1 Å². The van der Waals surface area contributed by atoms with Crippen molar-refractivity contribution in [3.8, 4) is 0 Å². The van der Waals surface area contributed by atoms with Gasteiger partial charge in [-0.25, -0.2) is 14.7 Å². The zero-order valence-corrected chi connectivity index (χ0v) is 16.3. The number of halogens is 1. The number of ether oxygens (including phenoxy) is 1. The van der Waals surface area contributed by atoms with Gasteiger partial charge in [-0.05, 0) is 64.2 Å². The monoisotopic (exact) mass is 377 g/mol. The lowest BCUT2D eigenvalue weighted by Gasteiger charge is -2.39. The zero-order valence-electron chi connectivity index (χ0n) is 16.3. The molecular formula is C19H28FN5O2. The fraction of sp³-hybridized carbons (Fsp3) is 0.579. The number of hydrazine groups is 2. The first-order valence-corrected chi connectivity index (χ1v) is 9.32. The summed E-state index contributed by atoms with van der Waals surface area (Å²) in [7, 11) is 0. The number of nitrogens with zero attached hydrogens (tertiary/aromatic N) is 3. The number of hydrogen-bond donors (Lipinski definition) is 2. The second-order valence-corrected chi connectivity index (χ2v) is 8.08. The Bertz CT molecular complexity index is 693. The quantitative estimate of drug-likeness (QED) is 0.847. The van der Waals surface area contributed by atoms with Gasteiger partial charge in [0.25, 0.3) is 0 Å². The molecule has 27 heavy (non-hydrogen) atoms. The van der Waals surface area contributed by atoms with E-state index in [1.807, 2.05) is 32.8 Å². The lowest BCUT2D eigenvalue weighted by molar-refractivity contribution is 0.00551. The molecule has 1 saturated heterocycles. The van der Waals surface area contributed by atoms with Gasteiger partial charge < -0.3 is 9.64 Å². The Morgan fingerprint density at radius 3 is 2.41 bits per heavy atom. The Morgan fingerprint density at radius 2 is 1.89 bits per heavy atom. The average Bonchev–Trinajstić information content (AvgIpc) is 3.02. The molecule has 0 aromatic heterocycles. The summed E-state index contributed by atoms with van der Waals surface area (Å²) >= 11 is 0. The molecule has 0 radical (unpaired) electrons. The number of piperidine rings is 1. The standard InChI is InChI=1S/C19H28FN5O2/c1-13-21-23-25(22-13)17(14-5-7-16(20)8-6-14)15-9-11-24(12-10-15)18(26)27-19(2,3)4/h5-8,15,17,23H,9-12H2,1-4H3,(H,21,22). The lowest BCUT2D eigenvalue weighted by Crippen LogP contribution is -2.49. The second kappa shape index (κ2) is 7.72. The molecule has 2 N–H and O–H groups in total. The summed E-state index contributed by atoms with van der Waals surface area (Å²) in [5.74, 6) is 0.788. The minimum absolute atomic E-state index is 0.0346. The average molecular weight is 377 g/mol. The van der Waals surface area contributed by atoms with Crippen LogP contribution in [-0.4, -0.2) is 40.6 Å². The maximum absolute atomic E-state index is 13.4. The summed E-state index contributed by atoms with van der Waals surface area (Å²) in [4.78, 5) is 14.1. The highest BCUT2D eigenvalue weighted by molar-refractivity contribution is 5.79. The van der Waals surface area contributed by atoms with Crippen LogP contribution in [0.4, 0.5) is 9.18 Å². The zero-order chi connectivity index (χ0) is 19.6. The number of amides is 1. The summed E-state index contributed by atoms with van der Waals surface area (Å²) in [5.41, 5.74) is 6.70. The topological polar surface area (TPSA) is 69.2 Å². The number of rotatable bonds is 3. The minimum Gasteiger partial charge on any atom is -0.444 e. The molecule has 0 saturated carbocycles. The molecule has 1 amide bonds. The third kappa shape index (κ3) is 4.88. The van der Waals surface area contributed by atoms with Crippen LogP contribution in [0.1, 0.15) is 52.1 Å². The van der Waals surface area contributed by atoms with Crippen LogP contribution in [-0.2, 0) is 4.74 Å². The van der Waals surface area contributed by atoms with Crippen molar-refractivity contribution in [3.05, 3.63) is 35.6 Å². The Hall–Kier alpha value is -2.35. The first-order valence-electron chi connectivity index (χ1n) is 9.32. The van der Waals surface area contributed by atoms with Crippen molar-refractivity contribution < 1.29 is 13.9 Å². The van der Waals surface area contributed by atoms with Gasteiger partial charge in [-0.15, -0.1) is 10.2 Å². The fourth-order valence-corrected chi connectivity index (χ4v) is 3.50. The van der Waals surface area contributed by atoms with Crippen molar-refractivity contribution in [2.75, 3.05) is 13.1 Å². The lowest BCUT2D eigenvalue weighted by atomic mass is 9.85. The van der Waals surface area contributed by atoms with E-state index in [-0.39, 0.29) is 23.9 Å². The molecule has 2 aliphatic heterocycles. The van der Waals surface area contributed by atoms with Crippen LogP contribution in [0.5, 0.6) is 0 Å². The van der Waals surface area contributed by atoms with Gasteiger partial charge in [-0.2, -0.15) is 0 Å². The predicted octanol–water partition coefficient (Wildman–Crippen LogP) is 3.17. The van der Waals surface area contributed by atoms with E-state index < -0.39 is 5.60 Å². The molecule has 3 rings (SSSR count). The van der Waals surface area contributed by atoms with Crippen LogP contribution in [0.3, 0.4) is 0 Å². The molecular weight excluding hydrogens is 349 g/mol. The maximum Gasteiger partial charge on any atom is 0.410 e. The van der Waals surface area contributed by atoms with Crippen LogP contribution >= 0.6 is 0 Å². The van der Waals surface area contributed by atoms with Crippen molar-refractivity contribution in [3.63, 3.8) is 0 Å².